The smallest absolute Gasteiger partial charge is 0.268 e. The maximum atomic E-state index is 14.2. The van der Waals surface area contributed by atoms with Crippen molar-refractivity contribution in [2.75, 3.05) is 4.31 Å². The highest BCUT2D eigenvalue weighted by molar-refractivity contribution is 9.10. The van der Waals surface area contributed by atoms with Crippen LogP contribution in [0.15, 0.2) is 71.2 Å². The molecule has 180 valence electrons. The fourth-order valence-electron chi connectivity index (χ4n) is 3.33. The minimum absolute atomic E-state index is 0.0629. The Morgan fingerprint density at radius 2 is 1.91 bits per heavy atom. The molecule has 0 saturated heterocycles. The van der Waals surface area contributed by atoms with Crippen LogP contribution in [-0.2, 0) is 24.2 Å². The second-order valence-corrected chi connectivity index (χ2v) is 10.0. The van der Waals surface area contributed by atoms with Crippen molar-refractivity contribution in [1.82, 2.24) is 14.1 Å². The lowest BCUT2D eigenvalue weighted by Gasteiger charge is -2.21. The Bertz CT molecular complexity index is 1390. The van der Waals surface area contributed by atoms with Gasteiger partial charge in [-0.2, -0.15) is 8.75 Å². The summed E-state index contributed by atoms with van der Waals surface area (Å²) in [7, 11) is 0. The molecule has 1 heterocycles. The van der Waals surface area contributed by atoms with Gasteiger partial charge in [0.05, 0.1) is 23.0 Å². The molecule has 4 aromatic rings. The molecule has 0 saturated carbocycles. The average molecular weight is 596 g/mol. The van der Waals surface area contributed by atoms with Crippen LogP contribution in [0.25, 0.3) is 0 Å². The summed E-state index contributed by atoms with van der Waals surface area (Å²) in [4.78, 5) is 13.1. The number of carbonyl (C=O) groups excluding carboxylic acids is 1. The lowest BCUT2D eigenvalue weighted by molar-refractivity contribution is 0.0951. The monoisotopic (exact) mass is 594 g/mol. The molecule has 0 aliphatic rings. The van der Waals surface area contributed by atoms with Crippen LogP contribution in [0.5, 0.6) is 0 Å². The van der Waals surface area contributed by atoms with E-state index in [0.717, 1.165) is 21.6 Å². The Hall–Kier alpha value is -2.70. The van der Waals surface area contributed by atoms with Gasteiger partial charge in [-0.3, -0.25) is 9.35 Å². The number of rotatable bonds is 8. The quantitative estimate of drug-likeness (QED) is 0.248. The van der Waals surface area contributed by atoms with Crippen molar-refractivity contribution in [3.8, 4) is 0 Å². The lowest BCUT2D eigenvalue weighted by atomic mass is 10.1. The summed E-state index contributed by atoms with van der Waals surface area (Å²) in [5.41, 5.74) is 1.81. The first kappa shape index (κ1) is 25.4. The Balaban J connectivity index is 1.67. The van der Waals surface area contributed by atoms with Crippen LogP contribution in [0.3, 0.4) is 0 Å². The molecule has 4 rings (SSSR count). The minimum atomic E-state index is -2.60. The third-order valence-electron chi connectivity index (χ3n) is 4.98. The van der Waals surface area contributed by atoms with Gasteiger partial charge in [0.15, 0.2) is 5.82 Å². The Kier molecular flexibility index (Phi) is 8.24. The van der Waals surface area contributed by atoms with E-state index in [2.05, 4.69) is 30.0 Å². The van der Waals surface area contributed by atoms with Gasteiger partial charge in [0.2, 0.25) is 0 Å². The molecular weight excluding hydrogens is 579 g/mol. The highest BCUT2D eigenvalue weighted by Gasteiger charge is 2.27. The fraction of sp³-hybridized carbons (Fsp3) is 0.0870. The fourth-order valence-corrected chi connectivity index (χ4v) is 5.04. The van der Waals surface area contributed by atoms with E-state index >= 15 is 0 Å². The normalized spacial score (nSPS) is 11.8. The molecular formula is C23H17BrClFN4O3S2. The number of nitrogens with one attached hydrogen (secondary N) is 1. The predicted molar refractivity (Wildman–Crippen MR) is 139 cm³/mol. The van der Waals surface area contributed by atoms with Gasteiger partial charge in [-0.1, -0.05) is 63.9 Å². The number of amides is 1. The van der Waals surface area contributed by atoms with Crippen molar-refractivity contribution in [1.29, 1.82) is 0 Å². The molecule has 0 bridgehead atoms. The van der Waals surface area contributed by atoms with Crippen molar-refractivity contribution in [3.05, 3.63) is 104 Å². The van der Waals surface area contributed by atoms with E-state index in [-0.39, 0.29) is 34.2 Å². The highest BCUT2D eigenvalue weighted by atomic mass is 79.9. The zero-order chi connectivity index (χ0) is 24.9. The van der Waals surface area contributed by atoms with Crippen LogP contribution in [0.1, 0.15) is 27.2 Å². The van der Waals surface area contributed by atoms with Gasteiger partial charge in [-0.15, -0.1) is 0 Å². The van der Waals surface area contributed by atoms with E-state index < -0.39 is 23.0 Å². The molecule has 1 aromatic heterocycles. The molecule has 0 aliphatic heterocycles. The summed E-state index contributed by atoms with van der Waals surface area (Å²) < 4.78 is 47.0. The summed E-state index contributed by atoms with van der Waals surface area (Å²) >= 11 is 7.67. The molecule has 35 heavy (non-hydrogen) atoms. The van der Waals surface area contributed by atoms with Crippen molar-refractivity contribution in [2.24, 2.45) is 0 Å². The van der Waals surface area contributed by atoms with Gasteiger partial charge < -0.3 is 5.32 Å². The second kappa shape index (κ2) is 11.4. The SMILES string of the molecule is O=C(NCc1ccc(Br)cc1F)c1ccc(Cl)cc1N(c1nsnc1Cc1ccccc1)S(=O)O. The number of hydrogen-bond donors (Lipinski definition) is 2. The van der Waals surface area contributed by atoms with Crippen LogP contribution in [0.2, 0.25) is 5.02 Å². The standard InChI is InChI=1S/C23H17BrClFN4O3S2/c24-16-7-6-15(19(26)11-16)13-27-23(31)18-9-8-17(25)12-21(18)30(35(32)33)22-20(28-34-29-22)10-14-4-2-1-3-5-14/h1-9,11-12H,10,13H2,(H,27,31)(H,32,33). The molecule has 0 aliphatic carbocycles. The summed E-state index contributed by atoms with van der Waals surface area (Å²) in [6.45, 7) is -0.0836. The van der Waals surface area contributed by atoms with E-state index in [1.165, 1.54) is 24.3 Å². The molecule has 0 fully saturated rings. The van der Waals surface area contributed by atoms with Gasteiger partial charge in [-0.05, 0) is 35.9 Å². The molecule has 3 aromatic carbocycles. The van der Waals surface area contributed by atoms with Crippen molar-refractivity contribution in [2.45, 2.75) is 13.0 Å². The van der Waals surface area contributed by atoms with Gasteiger partial charge in [0, 0.05) is 28.0 Å². The number of anilines is 2. The lowest BCUT2D eigenvalue weighted by Crippen LogP contribution is -2.28. The number of halogens is 3. The van der Waals surface area contributed by atoms with E-state index in [9.17, 15) is 17.9 Å². The van der Waals surface area contributed by atoms with E-state index in [0.29, 0.717) is 16.6 Å². The summed E-state index contributed by atoms with van der Waals surface area (Å²) in [6, 6.07) is 18.3. The first-order valence-electron chi connectivity index (χ1n) is 10.1. The maximum Gasteiger partial charge on any atom is 0.268 e. The molecule has 1 atom stereocenters. The minimum Gasteiger partial charge on any atom is -0.348 e. The van der Waals surface area contributed by atoms with E-state index in [1.54, 1.807) is 12.1 Å². The maximum absolute atomic E-state index is 14.2. The average Bonchev–Trinajstić information content (AvgIpc) is 3.26. The summed E-state index contributed by atoms with van der Waals surface area (Å²) in [6.07, 6.45) is 0.366. The molecule has 7 nitrogen and oxygen atoms in total. The molecule has 0 radical (unpaired) electrons. The number of carbonyl (C=O) groups is 1. The van der Waals surface area contributed by atoms with Gasteiger partial charge in [0.25, 0.3) is 17.2 Å². The Morgan fingerprint density at radius 3 is 2.63 bits per heavy atom. The van der Waals surface area contributed by atoms with E-state index in [4.69, 9.17) is 11.6 Å². The van der Waals surface area contributed by atoms with Gasteiger partial charge in [0.1, 0.15) is 11.5 Å². The van der Waals surface area contributed by atoms with Gasteiger partial charge in [-0.25, -0.2) is 12.9 Å². The molecule has 0 spiro atoms. The Morgan fingerprint density at radius 1 is 1.14 bits per heavy atom. The van der Waals surface area contributed by atoms with Gasteiger partial charge >= 0.3 is 0 Å². The highest BCUT2D eigenvalue weighted by Crippen LogP contribution is 2.34. The molecule has 12 heteroatoms. The number of aromatic nitrogens is 2. The van der Waals surface area contributed by atoms with Crippen molar-refractivity contribution >= 4 is 67.9 Å². The van der Waals surface area contributed by atoms with Crippen LogP contribution in [0, 0.1) is 5.82 Å². The summed E-state index contributed by atoms with van der Waals surface area (Å²) in [5.74, 6) is -0.926. The number of benzene rings is 3. The van der Waals surface area contributed by atoms with Crippen LogP contribution < -0.4 is 9.62 Å². The van der Waals surface area contributed by atoms with Crippen LogP contribution in [-0.4, -0.2) is 23.4 Å². The first-order chi connectivity index (χ1) is 16.8. The predicted octanol–water partition coefficient (Wildman–Crippen LogP) is 5.89. The zero-order valence-corrected chi connectivity index (χ0v) is 21.8. The first-order valence-corrected chi connectivity index (χ1v) is 13.1. The van der Waals surface area contributed by atoms with Crippen LogP contribution >= 0.6 is 39.3 Å². The largest absolute Gasteiger partial charge is 0.348 e. The molecule has 1 amide bonds. The summed E-state index contributed by atoms with van der Waals surface area (Å²) in [5, 5.41) is 2.90. The topological polar surface area (TPSA) is 95.4 Å². The zero-order valence-electron chi connectivity index (χ0n) is 17.8. The molecule has 2 N–H and O–H groups in total. The second-order valence-electron chi connectivity index (χ2n) is 7.30. The third kappa shape index (κ3) is 6.11. The number of nitrogens with zero attached hydrogens (tertiary/aromatic N) is 3. The number of hydrogen-bond acceptors (Lipinski definition) is 5. The van der Waals surface area contributed by atoms with Crippen molar-refractivity contribution < 1.29 is 17.9 Å². The Labute approximate surface area is 220 Å². The van der Waals surface area contributed by atoms with Crippen molar-refractivity contribution in [3.63, 3.8) is 0 Å². The van der Waals surface area contributed by atoms with E-state index in [1.807, 2.05) is 30.3 Å². The third-order valence-corrected chi connectivity index (χ3v) is 6.94. The van der Waals surface area contributed by atoms with Crippen LogP contribution in [0.4, 0.5) is 15.9 Å². The molecule has 1 unspecified atom stereocenters.